The van der Waals surface area contributed by atoms with Gasteiger partial charge in [-0.3, -0.25) is 0 Å². The molecule has 0 radical (unpaired) electrons. The molecule has 0 saturated carbocycles. The van der Waals surface area contributed by atoms with Crippen molar-refractivity contribution in [2.45, 2.75) is 57.1 Å². The van der Waals surface area contributed by atoms with Crippen LogP contribution in [0, 0.1) is 0 Å². The van der Waals surface area contributed by atoms with E-state index in [0.717, 1.165) is 6.42 Å². The lowest BCUT2D eigenvalue weighted by molar-refractivity contribution is 0.132. The van der Waals surface area contributed by atoms with Crippen molar-refractivity contribution in [1.82, 2.24) is 0 Å². The number of aliphatic hydroxyl groups is 1. The molecule has 0 spiro atoms. The second-order valence-electron chi connectivity index (χ2n) is 7.85. The Hall–Kier alpha value is -1.13. The van der Waals surface area contributed by atoms with Gasteiger partial charge in [0.2, 0.25) is 0 Å². The van der Waals surface area contributed by atoms with E-state index in [1.807, 2.05) is 12.1 Å². The first-order valence-electron chi connectivity index (χ1n) is 9.40. The van der Waals surface area contributed by atoms with Crippen molar-refractivity contribution in [3.63, 3.8) is 0 Å². The van der Waals surface area contributed by atoms with Crippen molar-refractivity contribution in [3.8, 4) is 0 Å². The summed E-state index contributed by atoms with van der Waals surface area (Å²) in [7, 11) is -2.58. The van der Waals surface area contributed by atoms with E-state index in [2.05, 4.69) is 76.2 Å². The van der Waals surface area contributed by atoms with Crippen LogP contribution in [0.25, 0.3) is 0 Å². The topological polar surface area (TPSA) is 29.5 Å². The lowest BCUT2D eigenvalue weighted by Gasteiger charge is -2.43. The van der Waals surface area contributed by atoms with Crippen molar-refractivity contribution < 1.29 is 9.53 Å². The van der Waals surface area contributed by atoms with Gasteiger partial charge in [-0.15, -0.1) is 11.6 Å². The van der Waals surface area contributed by atoms with Crippen LogP contribution < -0.4 is 10.4 Å². The van der Waals surface area contributed by atoms with Gasteiger partial charge >= 0.3 is 0 Å². The standard InChI is InChI=1S/C22H31ClO2Si/c1-5-12-21(24)20(23)17-25-26(22(2,3)4,18-13-8-6-9-14-18)19-15-10-7-11-16-19/h6-11,13-16,20-21,24H,5,12,17H2,1-4H3/t20-,21-/m0/s1. The van der Waals surface area contributed by atoms with E-state index in [9.17, 15) is 5.11 Å². The Balaban J connectivity index is 2.47. The molecule has 4 heteroatoms. The second-order valence-corrected chi connectivity index (χ2v) is 12.7. The molecule has 0 saturated heterocycles. The quantitative estimate of drug-likeness (QED) is 0.537. The third kappa shape index (κ3) is 4.58. The summed E-state index contributed by atoms with van der Waals surface area (Å²) >= 11 is 6.49. The van der Waals surface area contributed by atoms with E-state index in [-0.39, 0.29) is 5.04 Å². The smallest absolute Gasteiger partial charge is 0.261 e. The number of rotatable bonds is 8. The molecule has 0 amide bonds. The molecule has 26 heavy (non-hydrogen) atoms. The SMILES string of the molecule is CCC[C@H](O)[C@@H](Cl)CO[Si](c1ccccc1)(c1ccccc1)C(C)(C)C. The fourth-order valence-electron chi connectivity index (χ4n) is 3.55. The summed E-state index contributed by atoms with van der Waals surface area (Å²) in [6, 6.07) is 21.0. The fraction of sp³-hybridized carbons (Fsp3) is 0.455. The summed E-state index contributed by atoms with van der Waals surface area (Å²) in [5.41, 5.74) is 0. The van der Waals surface area contributed by atoms with Crippen molar-refractivity contribution in [2.24, 2.45) is 0 Å². The minimum atomic E-state index is -2.58. The first-order valence-corrected chi connectivity index (χ1v) is 11.7. The third-order valence-corrected chi connectivity index (χ3v) is 10.3. The molecule has 0 fully saturated rings. The van der Waals surface area contributed by atoms with Crippen LogP contribution in [0.15, 0.2) is 60.7 Å². The third-order valence-electron chi connectivity index (χ3n) is 4.88. The van der Waals surface area contributed by atoms with Crippen LogP contribution in [0.5, 0.6) is 0 Å². The van der Waals surface area contributed by atoms with Gasteiger partial charge in [0.05, 0.1) is 18.1 Å². The Labute approximate surface area is 164 Å². The first-order chi connectivity index (χ1) is 12.3. The van der Waals surface area contributed by atoms with Crippen molar-refractivity contribution in [2.75, 3.05) is 6.61 Å². The summed E-state index contributed by atoms with van der Waals surface area (Å²) in [5.74, 6) is 0. The van der Waals surface area contributed by atoms with Crippen molar-refractivity contribution >= 4 is 30.3 Å². The van der Waals surface area contributed by atoms with Gasteiger partial charge in [-0.05, 0) is 21.8 Å². The van der Waals surface area contributed by atoms with Crippen LogP contribution >= 0.6 is 11.6 Å². The highest BCUT2D eigenvalue weighted by Crippen LogP contribution is 2.37. The summed E-state index contributed by atoms with van der Waals surface area (Å²) in [5, 5.41) is 12.2. The van der Waals surface area contributed by atoms with Gasteiger partial charge in [0, 0.05) is 0 Å². The molecule has 0 aromatic heterocycles. The maximum absolute atomic E-state index is 10.3. The maximum Gasteiger partial charge on any atom is 0.261 e. The minimum absolute atomic E-state index is 0.0813. The molecule has 2 rings (SSSR count). The summed E-state index contributed by atoms with van der Waals surface area (Å²) in [6.45, 7) is 9.12. The highest BCUT2D eigenvalue weighted by atomic mass is 35.5. The Morgan fingerprint density at radius 3 is 1.81 bits per heavy atom. The Morgan fingerprint density at radius 2 is 1.42 bits per heavy atom. The zero-order chi connectivity index (χ0) is 19.2. The highest BCUT2D eigenvalue weighted by Gasteiger charge is 2.50. The molecular weight excluding hydrogens is 360 g/mol. The molecule has 0 aliphatic rings. The molecule has 1 N–H and O–H groups in total. The number of hydrogen-bond donors (Lipinski definition) is 1. The first kappa shape index (κ1) is 21.2. The molecule has 0 unspecified atom stereocenters. The van der Waals surface area contributed by atoms with E-state index in [1.165, 1.54) is 10.4 Å². The normalized spacial score (nSPS) is 14.8. The molecule has 2 aromatic rings. The van der Waals surface area contributed by atoms with Crippen molar-refractivity contribution in [3.05, 3.63) is 60.7 Å². The maximum atomic E-state index is 10.3. The van der Waals surface area contributed by atoms with E-state index < -0.39 is 19.8 Å². The van der Waals surface area contributed by atoms with Crippen LogP contribution in [0.2, 0.25) is 5.04 Å². The molecule has 142 valence electrons. The Bertz CT molecular complexity index is 615. The van der Waals surface area contributed by atoms with Gasteiger partial charge in [-0.2, -0.15) is 0 Å². The largest absolute Gasteiger partial charge is 0.406 e. The predicted octanol–water partition coefficient (Wildman–Crippen LogP) is 4.33. The molecule has 0 aliphatic carbocycles. The van der Waals surface area contributed by atoms with Gasteiger partial charge in [-0.25, -0.2) is 0 Å². The molecule has 2 aromatic carbocycles. The van der Waals surface area contributed by atoms with Gasteiger partial charge in [0.15, 0.2) is 0 Å². The summed E-state index contributed by atoms with van der Waals surface area (Å²) < 4.78 is 6.74. The summed E-state index contributed by atoms with van der Waals surface area (Å²) in [6.07, 6.45) is 1.06. The molecular formula is C22H31ClO2Si. The average Bonchev–Trinajstić information content (AvgIpc) is 2.63. The second kappa shape index (κ2) is 9.18. The average molecular weight is 391 g/mol. The summed E-state index contributed by atoms with van der Waals surface area (Å²) in [4.78, 5) is 0. The van der Waals surface area contributed by atoms with Crippen LogP contribution in [-0.2, 0) is 4.43 Å². The van der Waals surface area contributed by atoms with Crippen LogP contribution in [0.1, 0.15) is 40.5 Å². The number of alkyl halides is 1. The van der Waals surface area contributed by atoms with E-state index in [4.69, 9.17) is 16.0 Å². The van der Waals surface area contributed by atoms with Crippen LogP contribution in [0.3, 0.4) is 0 Å². The number of halogens is 1. The van der Waals surface area contributed by atoms with Crippen LogP contribution in [0.4, 0.5) is 0 Å². The zero-order valence-corrected chi connectivity index (χ0v) is 18.0. The van der Waals surface area contributed by atoms with Crippen LogP contribution in [-0.4, -0.2) is 31.5 Å². The lowest BCUT2D eigenvalue weighted by Crippen LogP contribution is -2.67. The predicted molar refractivity (Wildman–Crippen MR) is 114 cm³/mol. The monoisotopic (exact) mass is 390 g/mol. The molecule has 0 heterocycles. The zero-order valence-electron chi connectivity index (χ0n) is 16.3. The van der Waals surface area contributed by atoms with E-state index in [1.54, 1.807) is 0 Å². The number of benzene rings is 2. The lowest BCUT2D eigenvalue weighted by atomic mass is 10.1. The molecule has 2 nitrogen and oxygen atoms in total. The molecule has 2 atom stereocenters. The van der Waals surface area contributed by atoms with Gasteiger partial charge in [0.25, 0.3) is 8.32 Å². The van der Waals surface area contributed by atoms with Crippen molar-refractivity contribution in [1.29, 1.82) is 0 Å². The number of hydrogen-bond acceptors (Lipinski definition) is 2. The Morgan fingerprint density at radius 1 is 0.962 bits per heavy atom. The van der Waals surface area contributed by atoms with Gasteiger partial charge in [-0.1, -0.05) is 94.8 Å². The van der Waals surface area contributed by atoms with Gasteiger partial charge < -0.3 is 9.53 Å². The Kier molecular flexibility index (Phi) is 7.48. The number of aliphatic hydroxyl groups excluding tert-OH is 1. The van der Waals surface area contributed by atoms with E-state index >= 15 is 0 Å². The highest BCUT2D eigenvalue weighted by molar-refractivity contribution is 6.99. The molecule has 0 bridgehead atoms. The van der Waals surface area contributed by atoms with Gasteiger partial charge in [0.1, 0.15) is 0 Å². The minimum Gasteiger partial charge on any atom is -0.406 e. The van der Waals surface area contributed by atoms with E-state index in [0.29, 0.717) is 13.0 Å². The fourth-order valence-corrected chi connectivity index (χ4v) is 8.43. The molecule has 0 aliphatic heterocycles.